The Kier molecular flexibility index (Phi) is 6.80. The van der Waals surface area contributed by atoms with Crippen LogP contribution in [0, 0.1) is 10.4 Å². The lowest BCUT2D eigenvalue weighted by atomic mass is 9.78. The number of hydrogen-bond donors (Lipinski definition) is 5. The summed E-state index contributed by atoms with van der Waals surface area (Å²) in [4.78, 5) is 70.6. The van der Waals surface area contributed by atoms with E-state index in [1.165, 1.54) is 0 Å². The number of allylic oxidation sites excluding steroid dienone is 3. The monoisotopic (exact) mass is 648 g/mol. The Morgan fingerprint density at radius 1 is 0.894 bits per heavy atom. The predicted molar refractivity (Wildman–Crippen MR) is 179 cm³/mol. The number of phenols is 1. The first-order chi connectivity index (χ1) is 22.5. The number of nitrogens with one attached hydrogen (secondary N) is 2. The van der Waals surface area contributed by atoms with Crippen LogP contribution in [-0.4, -0.2) is 20.3 Å². The second kappa shape index (κ2) is 10.7. The van der Waals surface area contributed by atoms with Crippen LogP contribution in [0.15, 0.2) is 84.7 Å². The van der Waals surface area contributed by atoms with E-state index in [0.29, 0.717) is 11.3 Å². The molecule has 0 aliphatic heterocycles. The Morgan fingerprint density at radius 3 is 2.26 bits per heavy atom. The van der Waals surface area contributed by atoms with Gasteiger partial charge in [0.25, 0.3) is 5.56 Å². The number of aliphatic hydroxyl groups is 2. The highest BCUT2D eigenvalue weighted by molar-refractivity contribution is 6.37. The van der Waals surface area contributed by atoms with Gasteiger partial charge in [-0.05, 0) is 43.0 Å². The summed E-state index contributed by atoms with van der Waals surface area (Å²) in [6.07, 6.45) is 6.84. The van der Waals surface area contributed by atoms with Gasteiger partial charge in [-0.1, -0.05) is 60.2 Å². The molecule has 0 bridgehead atoms. The molecule has 0 unspecified atom stereocenters. The number of H-pyrrole nitrogens is 1. The van der Waals surface area contributed by atoms with Gasteiger partial charge in [-0.15, -0.1) is 0 Å². The molecule has 3 aromatic rings. The summed E-state index contributed by atoms with van der Waals surface area (Å²) in [7, 11) is 0. The number of aliphatic hydroxyl groups excluding tert-OH is 2. The Bertz CT molecular complexity index is 2740. The minimum atomic E-state index is -2.04. The zero-order valence-electron chi connectivity index (χ0n) is 24.7. The Balaban J connectivity index is 1.51. The summed E-state index contributed by atoms with van der Waals surface area (Å²) in [5, 5.41) is 35.3. The van der Waals surface area contributed by atoms with Crippen LogP contribution in [0.5, 0.6) is 5.75 Å². The van der Waals surface area contributed by atoms with Gasteiger partial charge in [0.1, 0.15) is 22.7 Å². The van der Waals surface area contributed by atoms with Crippen molar-refractivity contribution in [2.45, 2.75) is 31.7 Å². The molecule has 234 valence electrons. The summed E-state index contributed by atoms with van der Waals surface area (Å²) in [5.74, 6) is -2.16. The van der Waals surface area contributed by atoms with E-state index >= 15 is 0 Å². The molecule has 0 amide bonds. The normalized spacial score (nSPS) is 17.1. The average molecular weight is 649 g/mol. The van der Waals surface area contributed by atoms with Crippen LogP contribution < -0.4 is 43.0 Å². The third-order valence-electron chi connectivity index (χ3n) is 9.10. The largest absolute Gasteiger partial charge is 0.510 e. The molecule has 7 rings (SSSR count). The molecule has 0 radical (unpaired) electrons. The van der Waals surface area contributed by atoms with E-state index in [1.807, 2.05) is 13.0 Å². The molecule has 0 saturated heterocycles. The number of aromatic amines is 1. The van der Waals surface area contributed by atoms with Gasteiger partial charge in [-0.2, -0.15) is 0 Å². The van der Waals surface area contributed by atoms with Gasteiger partial charge >= 0.3 is 0 Å². The first-order valence-electron chi connectivity index (χ1n) is 14.7. The molecular weight excluding hydrogens is 624 g/mol. The molecule has 1 aromatic heterocycles. The first-order valence-corrected chi connectivity index (χ1v) is 15.1. The van der Waals surface area contributed by atoms with Crippen molar-refractivity contribution in [3.05, 3.63) is 160 Å². The van der Waals surface area contributed by atoms with Crippen LogP contribution in [0.2, 0.25) is 5.02 Å². The molecule has 4 aliphatic rings. The van der Waals surface area contributed by atoms with Gasteiger partial charge in [0.15, 0.2) is 5.43 Å². The number of aromatic nitrogens is 1. The molecule has 10 nitrogen and oxygen atoms in total. The number of aromatic hydroxyl groups is 1. The second-order valence-electron chi connectivity index (χ2n) is 11.6. The van der Waals surface area contributed by atoms with Crippen molar-refractivity contribution in [3.63, 3.8) is 0 Å². The van der Waals surface area contributed by atoms with E-state index in [2.05, 4.69) is 10.3 Å². The van der Waals surface area contributed by atoms with Gasteiger partial charge in [0, 0.05) is 29.3 Å². The highest BCUT2D eigenvalue weighted by Gasteiger charge is 2.53. The zero-order valence-corrected chi connectivity index (χ0v) is 25.5. The molecule has 4 aliphatic carbocycles. The summed E-state index contributed by atoms with van der Waals surface area (Å²) in [6, 6.07) is 11.5. The van der Waals surface area contributed by atoms with E-state index in [4.69, 9.17) is 11.6 Å². The average Bonchev–Trinajstić information content (AvgIpc) is 3.56. The lowest BCUT2D eigenvalue weighted by Gasteiger charge is -2.27. The Hall–Kier alpha value is -5.74. The predicted octanol–water partition coefficient (Wildman–Crippen LogP) is 2.36. The summed E-state index contributed by atoms with van der Waals surface area (Å²) >= 11 is 6.82. The van der Waals surface area contributed by atoms with Crippen LogP contribution in [0.25, 0.3) is 28.4 Å². The minimum absolute atomic E-state index is 0.0748. The molecule has 2 aromatic carbocycles. The molecule has 1 heterocycles. The Labute approximate surface area is 268 Å². The fourth-order valence-corrected chi connectivity index (χ4v) is 7.31. The first kappa shape index (κ1) is 29.9. The quantitative estimate of drug-likeness (QED) is 0.179. The van der Waals surface area contributed by atoms with Gasteiger partial charge in [-0.3, -0.25) is 24.0 Å². The SMILES string of the molecule is CC=CC=Cc1cc2c(Cl)c3c(c(O)c2c(=O)[nH]1)[C@@]1(CC3)C(O)=c2c(=O)c3c(=O)cc(NCc4ccccc4)c(=O)c=3c(=O)c2=C1O. The number of hydrogen-bond acceptors (Lipinski definition) is 9. The molecule has 0 saturated carbocycles. The van der Waals surface area contributed by atoms with E-state index < -0.39 is 70.8 Å². The molecule has 1 spiro atoms. The number of rotatable bonds is 5. The van der Waals surface area contributed by atoms with Crippen molar-refractivity contribution in [1.82, 2.24) is 4.98 Å². The van der Waals surface area contributed by atoms with Crippen molar-refractivity contribution in [3.8, 4) is 5.75 Å². The van der Waals surface area contributed by atoms with Crippen LogP contribution in [-0.2, 0) is 18.4 Å². The molecule has 0 fully saturated rings. The van der Waals surface area contributed by atoms with Crippen LogP contribution in [0.4, 0.5) is 5.69 Å². The fraction of sp³-hybridized carbons (Fsp3) is 0.139. The lowest BCUT2D eigenvalue weighted by molar-refractivity contribution is 0.362. The number of benzene rings is 2. The third-order valence-corrected chi connectivity index (χ3v) is 9.53. The van der Waals surface area contributed by atoms with E-state index in [9.17, 15) is 39.3 Å². The van der Waals surface area contributed by atoms with Crippen molar-refractivity contribution in [2.24, 2.45) is 0 Å². The zero-order chi connectivity index (χ0) is 33.4. The maximum absolute atomic E-state index is 14.0. The second-order valence-corrected chi connectivity index (χ2v) is 12.0. The highest BCUT2D eigenvalue weighted by Crippen LogP contribution is 2.56. The maximum atomic E-state index is 14.0. The van der Waals surface area contributed by atoms with Gasteiger partial charge in [0.05, 0.1) is 37.0 Å². The topological polar surface area (TPSA) is 174 Å². The van der Waals surface area contributed by atoms with Gasteiger partial charge in [0.2, 0.25) is 16.3 Å². The van der Waals surface area contributed by atoms with E-state index in [-0.39, 0.29) is 46.4 Å². The van der Waals surface area contributed by atoms with Crippen LogP contribution in [0.3, 0.4) is 0 Å². The minimum Gasteiger partial charge on any atom is -0.510 e. The van der Waals surface area contributed by atoms with Crippen molar-refractivity contribution in [1.29, 1.82) is 0 Å². The van der Waals surface area contributed by atoms with E-state index in [0.717, 1.165) is 11.6 Å². The van der Waals surface area contributed by atoms with Crippen molar-refractivity contribution >= 4 is 45.7 Å². The number of pyridine rings is 1. The molecule has 47 heavy (non-hydrogen) atoms. The molecule has 1 atom stereocenters. The Morgan fingerprint density at radius 2 is 1.57 bits per heavy atom. The van der Waals surface area contributed by atoms with Gasteiger partial charge < -0.3 is 25.6 Å². The smallest absolute Gasteiger partial charge is 0.260 e. The third kappa shape index (κ3) is 4.07. The summed E-state index contributed by atoms with van der Waals surface area (Å²) in [6.45, 7) is 1.98. The van der Waals surface area contributed by atoms with Gasteiger partial charge in [-0.25, -0.2) is 0 Å². The summed E-state index contributed by atoms with van der Waals surface area (Å²) in [5.41, 5.74) is -5.64. The fourth-order valence-electron chi connectivity index (χ4n) is 6.97. The summed E-state index contributed by atoms with van der Waals surface area (Å²) < 4.78 is 0. The number of anilines is 1. The lowest BCUT2D eigenvalue weighted by Crippen LogP contribution is -2.52. The van der Waals surface area contributed by atoms with Crippen LogP contribution >= 0.6 is 11.6 Å². The van der Waals surface area contributed by atoms with Crippen molar-refractivity contribution < 1.29 is 15.3 Å². The highest BCUT2D eigenvalue weighted by atomic mass is 35.5. The standard InChI is InChI=1S/C36H25ClN2O8/c1-2-3-5-10-17-13-19-22(35(47)39-17)32(44)27-18(28(19)37)11-12-36(27)33(45)25-26(34(36)46)31(43)24-23(30(25)42)21(40)14-20(29(24)41)38-15-16-8-6-4-7-9-16/h2-10,13-14,38,44-46H,11-12,15H2,1H3,(H,39,47)/t36-/m0/s1. The maximum Gasteiger partial charge on any atom is 0.260 e. The van der Waals surface area contributed by atoms with E-state index in [1.54, 1.807) is 54.6 Å². The molecule has 5 N–H and O–H groups in total. The van der Waals surface area contributed by atoms with Crippen molar-refractivity contribution in [2.75, 3.05) is 5.32 Å². The number of phenolic OH excluding ortho intramolecular Hbond substituents is 1. The number of fused-ring (bicyclic) bond motifs is 4. The van der Waals surface area contributed by atoms with Crippen LogP contribution in [0.1, 0.15) is 35.7 Å². The molecule has 11 heteroatoms. The number of halogens is 1. The molecular formula is C36H25ClN2O8.